The number of ether oxygens (including phenoxy) is 1. The molecule has 1 aliphatic carbocycles. The van der Waals surface area contributed by atoms with E-state index in [1.54, 1.807) is 0 Å². The van der Waals surface area contributed by atoms with Crippen molar-refractivity contribution >= 4 is 0 Å². The number of hydrogen-bond acceptors (Lipinski definition) is 3. The van der Waals surface area contributed by atoms with Crippen LogP contribution in [-0.4, -0.2) is 37.2 Å². The molecule has 3 rings (SSSR count). The van der Waals surface area contributed by atoms with Gasteiger partial charge in [-0.1, -0.05) is 12.1 Å². The largest absolute Gasteiger partial charge is 0.490 e. The summed E-state index contributed by atoms with van der Waals surface area (Å²) in [7, 11) is 0. The summed E-state index contributed by atoms with van der Waals surface area (Å²) in [5.41, 5.74) is 1.37. The Bertz CT molecular complexity index is 384. The summed E-state index contributed by atoms with van der Waals surface area (Å²) in [6.45, 7) is 5.56. The second-order valence-electron chi connectivity index (χ2n) is 5.34. The van der Waals surface area contributed by atoms with E-state index < -0.39 is 0 Å². The van der Waals surface area contributed by atoms with Crippen molar-refractivity contribution in [3.05, 3.63) is 29.8 Å². The normalized spacial score (nSPS) is 21.6. The number of hydrogen-bond donors (Lipinski definition) is 1. The van der Waals surface area contributed by atoms with Gasteiger partial charge in [-0.2, -0.15) is 0 Å². The van der Waals surface area contributed by atoms with Crippen LogP contribution in [0.1, 0.15) is 24.8 Å². The maximum Gasteiger partial charge on any atom is 0.120 e. The van der Waals surface area contributed by atoms with Crippen molar-refractivity contribution in [2.75, 3.05) is 26.2 Å². The van der Waals surface area contributed by atoms with Crippen LogP contribution in [0.5, 0.6) is 5.75 Å². The summed E-state index contributed by atoms with van der Waals surface area (Å²) in [4.78, 5) is 2.50. The van der Waals surface area contributed by atoms with Gasteiger partial charge in [0.25, 0.3) is 0 Å². The minimum absolute atomic E-state index is 0.472. The molecule has 0 atom stereocenters. The zero-order valence-corrected chi connectivity index (χ0v) is 10.9. The minimum Gasteiger partial charge on any atom is -0.490 e. The molecule has 1 aromatic rings. The SMILES string of the molecule is c1cc(CN2CCNCC2)cc(OC2CCC2)c1. The molecule has 1 saturated carbocycles. The van der Waals surface area contributed by atoms with Crippen LogP contribution in [0, 0.1) is 0 Å². The first-order valence-corrected chi connectivity index (χ1v) is 7.09. The van der Waals surface area contributed by atoms with Gasteiger partial charge >= 0.3 is 0 Å². The molecule has 3 heteroatoms. The van der Waals surface area contributed by atoms with Gasteiger partial charge in [0.1, 0.15) is 5.75 Å². The fourth-order valence-electron chi connectivity index (χ4n) is 2.53. The lowest BCUT2D eigenvalue weighted by molar-refractivity contribution is 0.120. The third-order valence-electron chi connectivity index (χ3n) is 3.87. The summed E-state index contributed by atoms with van der Waals surface area (Å²) in [5, 5.41) is 3.39. The number of nitrogens with one attached hydrogen (secondary N) is 1. The number of rotatable bonds is 4. The van der Waals surface area contributed by atoms with E-state index in [0.29, 0.717) is 6.10 Å². The predicted molar refractivity (Wildman–Crippen MR) is 72.9 cm³/mol. The van der Waals surface area contributed by atoms with E-state index >= 15 is 0 Å². The Morgan fingerprint density at radius 3 is 2.78 bits per heavy atom. The first kappa shape index (κ1) is 12.0. The Morgan fingerprint density at radius 1 is 1.22 bits per heavy atom. The Morgan fingerprint density at radius 2 is 2.06 bits per heavy atom. The van der Waals surface area contributed by atoms with Gasteiger partial charge in [0.15, 0.2) is 0 Å². The van der Waals surface area contributed by atoms with Gasteiger partial charge in [0.2, 0.25) is 0 Å². The van der Waals surface area contributed by atoms with Crippen molar-refractivity contribution in [2.45, 2.75) is 31.9 Å². The highest BCUT2D eigenvalue weighted by molar-refractivity contribution is 5.28. The van der Waals surface area contributed by atoms with Gasteiger partial charge in [0.05, 0.1) is 6.10 Å². The van der Waals surface area contributed by atoms with E-state index in [-0.39, 0.29) is 0 Å². The summed E-state index contributed by atoms with van der Waals surface area (Å²) < 4.78 is 5.95. The zero-order chi connectivity index (χ0) is 12.2. The molecule has 0 aromatic heterocycles. The molecule has 1 heterocycles. The lowest BCUT2D eigenvalue weighted by Gasteiger charge is -2.28. The van der Waals surface area contributed by atoms with Crippen molar-refractivity contribution in [3.63, 3.8) is 0 Å². The van der Waals surface area contributed by atoms with Crippen LogP contribution < -0.4 is 10.1 Å². The molecular weight excluding hydrogens is 224 g/mol. The Labute approximate surface area is 109 Å². The van der Waals surface area contributed by atoms with Crippen LogP contribution in [0.15, 0.2) is 24.3 Å². The molecule has 98 valence electrons. The van der Waals surface area contributed by atoms with E-state index in [4.69, 9.17) is 4.74 Å². The lowest BCUT2D eigenvalue weighted by atomic mass is 9.96. The van der Waals surface area contributed by atoms with E-state index in [0.717, 1.165) is 38.5 Å². The first-order chi connectivity index (χ1) is 8.90. The van der Waals surface area contributed by atoms with Crippen LogP contribution in [0.3, 0.4) is 0 Å². The second-order valence-corrected chi connectivity index (χ2v) is 5.34. The summed E-state index contributed by atoms with van der Waals surface area (Å²) in [6.07, 6.45) is 4.24. The summed E-state index contributed by atoms with van der Waals surface area (Å²) in [6, 6.07) is 8.61. The molecule has 1 aliphatic heterocycles. The molecule has 2 aliphatic rings. The van der Waals surface area contributed by atoms with Crippen LogP contribution in [0.4, 0.5) is 0 Å². The van der Waals surface area contributed by atoms with E-state index in [1.165, 1.54) is 24.8 Å². The van der Waals surface area contributed by atoms with Crippen LogP contribution in [0.25, 0.3) is 0 Å². The third-order valence-corrected chi connectivity index (χ3v) is 3.87. The van der Waals surface area contributed by atoms with Crippen molar-refractivity contribution < 1.29 is 4.74 Å². The van der Waals surface area contributed by atoms with Gasteiger partial charge in [-0.05, 0) is 37.0 Å². The van der Waals surface area contributed by atoms with Crippen LogP contribution in [-0.2, 0) is 6.54 Å². The Kier molecular flexibility index (Phi) is 3.81. The maximum absolute atomic E-state index is 5.95. The molecule has 0 amide bonds. The average Bonchev–Trinajstić information content (AvgIpc) is 2.36. The molecule has 2 fully saturated rings. The standard InChI is InChI=1S/C15H22N2O/c1-3-13(12-17-9-7-16-8-10-17)11-15(6-1)18-14-4-2-5-14/h1,3,6,11,14,16H,2,4-5,7-10,12H2. The summed E-state index contributed by atoms with van der Waals surface area (Å²) >= 11 is 0. The summed E-state index contributed by atoms with van der Waals surface area (Å²) in [5.74, 6) is 1.05. The number of piperazine rings is 1. The topological polar surface area (TPSA) is 24.5 Å². The maximum atomic E-state index is 5.95. The van der Waals surface area contributed by atoms with Crippen molar-refractivity contribution in [1.29, 1.82) is 0 Å². The van der Waals surface area contributed by atoms with Gasteiger partial charge in [-0.15, -0.1) is 0 Å². The van der Waals surface area contributed by atoms with E-state index in [1.807, 2.05) is 0 Å². The van der Waals surface area contributed by atoms with Crippen molar-refractivity contribution in [1.82, 2.24) is 10.2 Å². The fraction of sp³-hybridized carbons (Fsp3) is 0.600. The monoisotopic (exact) mass is 246 g/mol. The van der Waals surface area contributed by atoms with Gasteiger partial charge in [0, 0.05) is 32.7 Å². The highest BCUT2D eigenvalue weighted by atomic mass is 16.5. The van der Waals surface area contributed by atoms with Crippen molar-refractivity contribution in [3.8, 4) is 5.75 Å². The van der Waals surface area contributed by atoms with Gasteiger partial charge in [-0.3, -0.25) is 4.90 Å². The van der Waals surface area contributed by atoms with Crippen LogP contribution >= 0.6 is 0 Å². The predicted octanol–water partition coefficient (Wildman–Crippen LogP) is 2.02. The van der Waals surface area contributed by atoms with Gasteiger partial charge in [-0.25, -0.2) is 0 Å². The molecule has 18 heavy (non-hydrogen) atoms. The average molecular weight is 246 g/mol. The van der Waals surface area contributed by atoms with Gasteiger partial charge < -0.3 is 10.1 Å². The fourth-order valence-corrected chi connectivity index (χ4v) is 2.53. The molecule has 0 radical (unpaired) electrons. The Balaban J connectivity index is 1.58. The Hall–Kier alpha value is -1.06. The molecule has 3 nitrogen and oxygen atoms in total. The smallest absolute Gasteiger partial charge is 0.120 e. The highest BCUT2D eigenvalue weighted by Crippen LogP contribution is 2.25. The third kappa shape index (κ3) is 3.03. The quantitative estimate of drug-likeness (QED) is 0.879. The number of nitrogens with zero attached hydrogens (tertiary/aromatic N) is 1. The molecule has 0 bridgehead atoms. The van der Waals surface area contributed by atoms with Crippen LogP contribution in [0.2, 0.25) is 0 Å². The zero-order valence-electron chi connectivity index (χ0n) is 10.9. The molecule has 1 N–H and O–H groups in total. The van der Waals surface area contributed by atoms with E-state index in [9.17, 15) is 0 Å². The molecular formula is C15H22N2O. The molecule has 0 unspecified atom stereocenters. The molecule has 1 aromatic carbocycles. The molecule has 1 saturated heterocycles. The minimum atomic E-state index is 0.472. The van der Waals surface area contributed by atoms with Crippen molar-refractivity contribution in [2.24, 2.45) is 0 Å². The first-order valence-electron chi connectivity index (χ1n) is 7.09. The second kappa shape index (κ2) is 5.72. The molecule has 0 spiro atoms. The number of benzene rings is 1. The highest BCUT2D eigenvalue weighted by Gasteiger charge is 2.19. The van der Waals surface area contributed by atoms with E-state index in [2.05, 4.69) is 34.5 Å². The lowest BCUT2D eigenvalue weighted by Crippen LogP contribution is -2.42.